The van der Waals surface area contributed by atoms with Crippen molar-refractivity contribution in [2.75, 3.05) is 6.61 Å². The molecule has 0 amide bonds. The molecule has 0 aliphatic heterocycles. The standard InChI is InChI=1S/C9H19NO3/c1-6(2)5-13-8(12)9(4,10)7(3)11/h6-7,11H,5,10H2,1-4H3/t7-,9+/m1/s1. The summed E-state index contributed by atoms with van der Waals surface area (Å²) in [4.78, 5) is 11.3. The molecule has 0 rings (SSSR count). The van der Waals surface area contributed by atoms with Gasteiger partial charge in [0, 0.05) is 0 Å². The Morgan fingerprint density at radius 1 is 1.54 bits per heavy atom. The highest BCUT2D eigenvalue weighted by atomic mass is 16.5. The maximum atomic E-state index is 11.3. The highest BCUT2D eigenvalue weighted by Crippen LogP contribution is 2.09. The summed E-state index contributed by atoms with van der Waals surface area (Å²) < 4.78 is 4.91. The summed E-state index contributed by atoms with van der Waals surface area (Å²) in [5.41, 5.74) is 4.25. The molecule has 0 aromatic rings. The third kappa shape index (κ3) is 3.74. The number of hydrogen-bond donors (Lipinski definition) is 2. The molecule has 2 atom stereocenters. The second-order valence-electron chi connectivity index (χ2n) is 3.95. The van der Waals surface area contributed by atoms with Gasteiger partial charge in [0.1, 0.15) is 5.54 Å². The Morgan fingerprint density at radius 2 is 2.00 bits per heavy atom. The summed E-state index contributed by atoms with van der Waals surface area (Å²) in [6.45, 7) is 7.13. The van der Waals surface area contributed by atoms with Crippen LogP contribution < -0.4 is 5.73 Å². The number of esters is 1. The molecule has 13 heavy (non-hydrogen) atoms. The summed E-state index contributed by atoms with van der Waals surface area (Å²) in [7, 11) is 0. The summed E-state index contributed by atoms with van der Waals surface area (Å²) in [5.74, 6) is -0.287. The number of ether oxygens (including phenoxy) is 1. The van der Waals surface area contributed by atoms with Crippen LogP contribution in [0.4, 0.5) is 0 Å². The number of nitrogens with two attached hydrogens (primary N) is 1. The van der Waals surface area contributed by atoms with E-state index in [0.29, 0.717) is 6.61 Å². The van der Waals surface area contributed by atoms with Gasteiger partial charge in [-0.05, 0) is 19.8 Å². The van der Waals surface area contributed by atoms with Gasteiger partial charge in [0.25, 0.3) is 0 Å². The van der Waals surface area contributed by atoms with Gasteiger partial charge in [0.2, 0.25) is 0 Å². The maximum absolute atomic E-state index is 11.3. The van der Waals surface area contributed by atoms with Crippen LogP contribution in [0.1, 0.15) is 27.7 Å². The second-order valence-corrected chi connectivity index (χ2v) is 3.95. The smallest absolute Gasteiger partial charge is 0.328 e. The fraction of sp³-hybridized carbons (Fsp3) is 0.889. The minimum Gasteiger partial charge on any atom is -0.464 e. The van der Waals surface area contributed by atoms with Crippen LogP contribution in [-0.2, 0) is 9.53 Å². The minimum absolute atomic E-state index is 0.272. The molecule has 0 unspecified atom stereocenters. The van der Waals surface area contributed by atoms with Crippen molar-refractivity contribution in [2.24, 2.45) is 11.7 Å². The molecule has 0 radical (unpaired) electrons. The highest BCUT2D eigenvalue weighted by molar-refractivity contribution is 5.80. The van der Waals surface area contributed by atoms with Gasteiger partial charge in [-0.2, -0.15) is 0 Å². The fourth-order valence-electron chi connectivity index (χ4n) is 0.568. The van der Waals surface area contributed by atoms with E-state index in [9.17, 15) is 9.90 Å². The third-order valence-electron chi connectivity index (χ3n) is 1.86. The van der Waals surface area contributed by atoms with Crippen LogP contribution in [0.25, 0.3) is 0 Å². The van der Waals surface area contributed by atoms with Gasteiger partial charge in [-0.25, -0.2) is 4.79 Å². The van der Waals surface area contributed by atoms with E-state index in [2.05, 4.69) is 0 Å². The van der Waals surface area contributed by atoms with Crippen molar-refractivity contribution >= 4 is 5.97 Å². The van der Waals surface area contributed by atoms with Crippen molar-refractivity contribution in [1.29, 1.82) is 0 Å². The van der Waals surface area contributed by atoms with E-state index in [0.717, 1.165) is 0 Å². The quantitative estimate of drug-likeness (QED) is 0.623. The number of hydrogen-bond acceptors (Lipinski definition) is 4. The van der Waals surface area contributed by atoms with Crippen molar-refractivity contribution in [1.82, 2.24) is 0 Å². The molecule has 0 fully saturated rings. The number of carbonyl (C=O) groups excluding carboxylic acids is 1. The van der Waals surface area contributed by atoms with Crippen LogP contribution in [0.3, 0.4) is 0 Å². The molecule has 0 aromatic carbocycles. The molecule has 3 N–H and O–H groups in total. The van der Waals surface area contributed by atoms with E-state index < -0.39 is 17.6 Å². The predicted octanol–water partition coefficient (Wildman–Crippen LogP) is 0.284. The Morgan fingerprint density at radius 3 is 2.31 bits per heavy atom. The number of aliphatic hydroxyl groups is 1. The lowest BCUT2D eigenvalue weighted by atomic mass is 9.98. The first kappa shape index (κ1) is 12.4. The first-order valence-electron chi connectivity index (χ1n) is 4.42. The van der Waals surface area contributed by atoms with Crippen LogP contribution in [0, 0.1) is 5.92 Å². The predicted molar refractivity (Wildman–Crippen MR) is 50.1 cm³/mol. The van der Waals surface area contributed by atoms with Crippen LogP contribution in [0.15, 0.2) is 0 Å². The van der Waals surface area contributed by atoms with E-state index in [1.165, 1.54) is 13.8 Å². The monoisotopic (exact) mass is 189 g/mol. The van der Waals surface area contributed by atoms with Gasteiger partial charge < -0.3 is 15.6 Å². The van der Waals surface area contributed by atoms with Gasteiger partial charge in [0.15, 0.2) is 0 Å². The lowest BCUT2D eigenvalue weighted by Crippen LogP contribution is -2.54. The van der Waals surface area contributed by atoms with E-state index >= 15 is 0 Å². The van der Waals surface area contributed by atoms with E-state index in [-0.39, 0.29) is 5.92 Å². The van der Waals surface area contributed by atoms with Gasteiger partial charge in [0.05, 0.1) is 12.7 Å². The van der Waals surface area contributed by atoms with Crippen molar-refractivity contribution < 1.29 is 14.6 Å². The zero-order valence-electron chi connectivity index (χ0n) is 8.70. The molecular weight excluding hydrogens is 170 g/mol. The summed E-state index contributed by atoms with van der Waals surface area (Å²) in [5, 5.41) is 9.19. The van der Waals surface area contributed by atoms with Gasteiger partial charge in [-0.15, -0.1) is 0 Å². The molecule has 0 heterocycles. The van der Waals surface area contributed by atoms with Crippen LogP contribution in [-0.4, -0.2) is 29.3 Å². The van der Waals surface area contributed by atoms with Crippen LogP contribution in [0.2, 0.25) is 0 Å². The lowest BCUT2D eigenvalue weighted by Gasteiger charge is -2.25. The van der Waals surface area contributed by atoms with Gasteiger partial charge in [-0.3, -0.25) is 0 Å². The van der Waals surface area contributed by atoms with Crippen molar-refractivity contribution in [2.45, 2.75) is 39.3 Å². The molecule has 0 aliphatic carbocycles. The van der Waals surface area contributed by atoms with Crippen molar-refractivity contribution in [3.63, 3.8) is 0 Å². The fourth-order valence-corrected chi connectivity index (χ4v) is 0.568. The van der Waals surface area contributed by atoms with E-state index in [1.807, 2.05) is 13.8 Å². The SMILES string of the molecule is CC(C)COC(=O)[C@@](C)(N)[C@@H](C)O. The minimum atomic E-state index is -1.31. The van der Waals surface area contributed by atoms with Crippen LogP contribution in [0.5, 0.6) is 0 Å². The van der Waals surface area contributed by atoms with Crippen molar-refractivity contribution in [3.05, 3.63) is 0 Å². The van der Waals surface area contributed by atoms with Crippen LogP contribution >= 0.6 is 0 Å². The van der Waals surface area contributed by atoms with Crippen molar-refractivity contribution in [3.8, 4) is 0 Å². The Balaban J connectivity index is 4.10. The van der Waals surface area contributed by atoms with E-state index in [1.54, 1.807) is 0 Å². The molecule has 4 nitrogen and oxygen atoms in total. The largest absolute Gasteiger partial charge is 0.464 e. The topological polar surface area (TPSA) is 72.5 Å². The normalized spacial score (nSPS) is 18.1. The highest BCUT2D eigenvalue weighted by Gasteiger charge is 2.35. The van der Waals surface area contributed by atoms with Gasteiger partial charge in [-0.1, -0.05) is 13.8 Å². The second kappa shape index (κ2) is 4.58. The molecule has 4 heteroatoms. The average molecular weight is 189 g/mol. The molecule has 0 spiro atoms. The zero-order chi connectivity index (χ0) is 10.6. The first-order chi connectivity index (χ1) is 5.78. The van der Waals surface area contributed by atoms with E-state index in [4.69, 9.17) is 10.5 Å². The molecule has 78 valence electrons. The molecular formula is C9H19NO3. The molecule has 0 bridgehead atoms. The molecule has 0 saturated carbocycles. The Hall–Kier alpha value is -0.610. The lowest BCUT2D eigenvalue weighted by molar-refractivity contribution is -0.154. The third-order valence-corrected chi connectivity index (χ3v) is 1.86. The number of rotatable bonds is 4. The average Bonchev–Trinajstić information content (AvgIpc) is 1.99. The summed E-state index contributed by atoms with van der Waals surface area (Å²) in [6.07, 6.45) is -0.910. The molecule has 0 aliphatic rings. The summed E-state index contributed by atoms with van der Waals surface area (Å²) >= 11 is 0. The first-order valence-corrected chi connectivity index (χ1v) is 4.42. The van der Waals surface area contributed by atoms with Gasteiger partial charge >= 0.3 is 5.97 Å². The zero-order valence-corrected chi connectivity index (χ0v) is 8.70. The Bertz CT molecular complexity index is 176. The number of carbonyl (C=O) groups is 1. The molecule has 0 saturated heterocycles. The Labute approximate surface area is 79.1 Å². The maximum Gasteiger partial charge on any atom is 0.328 e. The summed E-state index contributed by atoms with van der Waals surface area (Å²) in [6, 6.07) is 0. The molecule has 0 aromatic heterocycles. The Kier molecular flexibility index (Phi) is 4.36. The number of aliphatic hydroxyl groups excluding tert-OH is 1.